The number of carbonyl (C=O) groups is 2. The summed E-state index contributed by atoms with van der Waals surface area (Å²) in [4.78, 5) is 23.2. The summed E-state index contributed by atoms with van der Waals surface area (Å²) in [5.74, 6) is -0.384. The smallest absolute Gasteiger partial charge is 0.251 e. The minimum atomic E-state index is -0.561. The molecule has 106 valence electrons. The number of hydrogen-bond acceptors (Lipinski definition) is 3. The van der Waals surface area contributed by atoms with Gasteiger partial charge < -0.3 is 16.4 Å². The van der Waals surface area contributed by atoms with Gasteiger partial charge in [0.05, 0.1) is 6.04 Å². The lowest BCUT2D eigenvalue weighted by molar-refractivity contribution is -0.118. The van der Waals surface area contributed by atoms with Gasteiger partial charge in [-0.1, -0.05) is 19.9 Å². The summed E-state index contributed by atoms with van der Waals surface area (Å²) < 4.78 is 0. The summed E-state index contributed by atoms with van der Waals surface area (Å²) in [6, 6.07) is 6.16. The standard InChI is InChI=1S/C13H19N3O2.ClH/c1-8(2)11(14)13(18)16-10-6-4-5-9(7-10)12(17)15-3;/h4-8,11H,14H2,1-3H3,(H,15,17)(H,16,18);1H/t11-;/m1./s1. The molecule has 0 saturated heterocycles. The molecular formula is C13H20ClN3O2. The van der Waals surface area contributed by atoms with Gasteiger partial charge in [-0.3, -0.25) is 9.59 Å². The second-order valence-corrected chi connectivity index (χ2v) is 4.42. The first-order chi connectivity index (χ1) is 8.45. The molecule has 1 rings (SSSR count). The molecule has 0 aliphatic heterocycles. The van der Waals surface area contributed by atoms with Gasteiger partial charge in [0, 0.05) is 18.3 Å². The van der Waals surface area contributed by atoms with E-state index in [1.54, 1.807) is 31.3 Å². The van der Waals surface area contributed by atoms with Crippen molar-refractivity contribution in [1.82, 2.24) is 5.32 Å². The van der Waals surface area contributed by atoms with Crippen LogP contribution in [0, 0.1) is 5.92 Å². The Kier molecular flexibility index (Phi) is 7.11. The third-order valence-corrected chi connectivity index (χ3v) is 2.64. The summed E-state index contributed by atoms with van der Waals surface area (Å²) in [6.07, 6.45) is 0. The highest BCUT2D eigenvalue weighted by molar-refractivity contribution is 5.98. The molecule has 0 saturated carbocycles. The van der Waals surface area contributed by atoms with E-state index in [9.17, 15) is 9.59 Å². The van der Waals surface area contributed by atoms with Crippen LogP contribution < -0.4 is 16.4 Å². The molecule has 0 heterocycles. The van der Waals surface area contributed by atoms with E-state index in [0.29, 0.717) is 11.3 Å². The summed E-state index contributed by atoms with van der Waals surface area (Å²) in [7, 11) is 1.56. The van der Waals surface area contributed by atoms with Crippen LogP contribution >= 0.6 is 12.4 Å². The number of rotatable bonds is 4. The Balaban J connectivity index is 0.00000324. The second kappa shape index (κ2) is 7.76. The zero-order chi connectivity index (χ0) is 13.7. The maximum atomic E-state index is 11.8. The zero-order valence-corrected chi connectivity index (χ0v) is 12.1. The maximum Gasteiger partial charge on any atom is 0.251 e. The minimum Gasteiger partial charge on any atom is -0.355 e. The molecule has 0 fully saturated rings. The average molecular weight is 286 g/mol. The van der Waals surface area contributed by atoms with Crippen molar-refractivity contribution in [2.45, 2.75) is 19.9 Å². The van der Waals surface area contributed by atoms with E-state index in [1.165, 1.54) is 0 Å². The summed E-state index contributed by atoms with van der Waals surface area (Å²) >= 11 is 0. The molecule has 0 aliphatic rings. The predicted octanol–water partition coefficient (Wildman–Crippen LogP) is 1.39. The fourth-order valence-corrected chi connectivity index (χ4v) is 1.41. The Morgan fingerprint density at radius 3 is 2.42 bits per heavy atom. The van der Waals surface area contributed by atoms with E-state index in [2.05, 4.69) is 10.6 Å². The fraction of sp³-hybridized carbons (Fsp3) is 0.385. The van der Waals surface area contributed by atoms with E-state index in [-0.39, 0.29) is 30.1 Å². The molecule has 5 nitrogen and oxygen atoms in total. The minimum absolute atomic E-state index is 0. The van der Waals surface area contributed by atoms with Crippen LogP contribution in [0.4, 0.5) is 5.69 Å². The summed E-state index contributed by atoms with van der Waals surface area (Å²) in [5.41, 5.74) is 6.80. The molecule has 1 aromatic rings. The number of carbonyl (C=O) groups excluding carboxylic acids is 2. The van der Waals surface area contributed by atoms with Crippen molar-refractivity contribution in [2.24, 2.45) is 11.7 Å². The number of nitrogens with two attached hydrogens (primary N) is 1. The van der Waals surface area contributed by atoms with Crippen molar-refractivity contribution in [2.75, 3.05) is 12.4 Å². The van der Waals surface area contributed by atoms with Gasteiger partial charge in [0.1, 0.15) is 0 Å². The third-order valence-electron chi connectivity index (χ3n) is 2.64. The number of hydrogen-bond donors (Lipinski definition) is 3. The molecule has 0 aliphatic carbocycles. The lowest BCUT2D eigenvalue weighted by Crippen LogP contribution is -2.39. The first-order valence-electron chi connectivity index (χ1n) is 5.84. The Morgan fingerprint density at radius 2 is 1.89 bits per heavy atom. The van der Waals surface area contributed by atoms with Crippen LogP contribution in [0.3, 0.4) is 0 Å². The van der Waals surface area contributed by atoms with E-state index in [1.807, 2.05) is 13.8 Å². The topological polar surface area (TPSA) is 84.2 Å². The van der Waals surface area contributed by atoms with Crippen LogP contribution in [0.15, 0.2) is 24.3 Å². The molecule has 0 radical (unpaired) electrons. The highest BCUT2D eigenvalue weighted by Gasteiger charge is 2.17. The lowest BCUT2D eigenvalue weighted by atomic mass is 10.0. The van der Waals surface area contributed by atoms with E-state index >= 15 is 0 Å². The molecule has 2 amide bonds. The predicted molar refractivity (Wildman–Crippen MR) is 78.5 cm³/mol. The van der Waals surface area contributed by atoms with E-state index < -0.39 is 6.04 Å². The fourth-order valence-electron chi connectivity index (χ4n) is 1.41. The van der Waals surface area contributed by atoms with Gasteiger partial charge in [-0.05, 0) is 24.1 Å². The molecule has 0 unspecified atom stereocenters. The second-order valence-electron chi connectivity index (χ2n) is 4.42. The molecule has 0 aromatic heterocycles. The molecule has 1 aromatic carbocycles. The zero-order valence-electron chi connectivity index (χ0n) is 11.3. The van der Waals surface area contributed by atoms with Crippen molar-refractivity contribution >= 4 is 29.9 Å². The van der Waals surface area contributed by atoms with Gasteiger partial charge in [-0.25, -0.2) is 0 Å². The van der Waals surface area contributed by atoms with Gasteiger partial charge in [0.15, 0.2) is 0 Å². The number of amides is 2. The van der Waals surface area contributed by atoms with Crippen LogP contribution in [0.2, 0.25) is 0 Å². The lowest BCUT2D eigenvalue weighted by Gasteiger charge is -2.15. The molecule has 1 atom stereocenters. The maximum absolute atomic E-state index is 11.8. The van der Waals surface area contributed by atoms with Gasteiger partial charge in [-0.15, -0.1) is 12.4 Å². The van der Waals surface area contributed by atoms with E-state index in [0.717, 1.165) is 0 Å². The molecule has 4 N–H and O–H groups in total. The number of anilines is 1. The normalized spacial score (nSPS) is 11.4. The number of halogens is 1. The molecule has 6 heteroatoms. The van der Waals surface area contributed by atoms with Crippen molar-refractivity contribution < 1.29 is 9.59 Å². The SMILES string of the molecule is CNC(=O)c1cccc(NC(=O)[C@H](N)C(C)C)c1.Cl. The van der Waals surface area contributed by atoms with Crippen molar-refractivity contribution in [1.29, 1.82) is 0 Å². The number of benzene rings is 1. The monoisotopic (exact) mass is 285 g/mol. The largest absolute Gasteiger partial charge is 0.355 e. The quantitative estimate of drug-likeness (QED) is 0.781. The third kappa shape index (κ3) is 4.89. The Bertz CT molecular complexity index is 449. The molecular weight excluding hydrogens is 266 g/mol. The van der Waals surface area contributed by atoms with Crippen LogP contribution in [0.5, 0.6) is 0 Å². The van der Waals surface area contributed by atoms with Crippen LogP contribution in [-0.4, -0.2) is 24.9 Å². The van der Waals surface area contributed by atoms with Gasteiger partial charge in [-0.2, -0.15) is 0 Å². The highest BCUT2D eigenvalue weighted by Crippen LogP contribution is 2.12. The Morgan fingerprint density at radius 1 is 1.26 bits per heavy atom. The molecule has 19 heavy (non-hydrogen) atoms. The van der Waals surface area contributed by atoms with E-state index in [4.69, 9.17) is 5.73 Å². The first-order valence-corrected chi connectivity index (χ1v) is 5.84. The van der Waals surface area contributed by atoms with Crippen molar-refractivity contribution in [3.8, 4) is 0 Å². The summed E-state index contributed by atoms with van der Waals surface area (Å²) in [5, 5.41) is 5.22. The van der Waals surface area contributed by atoms with Crippen molar-refractivity contribution in [3.63, 3.8) is 0 Å². The van der Waals surface area contributed by atoms with Crippen LogP contribution in [0.1, 0.15) is 24.2 Å². The Labute approximate surface area is 119 Å². The van der Waals surface area contributed by atoms with Gasteiger partial charge in [0.25, 0.3) is 5.91 Å². The highest BCUT2D eigenvalue weighted by atomic mass is 35.5. The summed E-state index contributed by atoms with van der Waals surface area (Å²) in [6.45, 7) is 3.76. The average Bonchev–Trinajstić information content (AvgIpc) is 2.36. The van der Waals surface area contributed by atoms with Gasteiger partial charge in [0.2, 0.25) is 5.91 Å². The van der Waals surface area contributed by atoms with Gasteiger partial charge >= 0.3 is 0 Å². The van der Waals surface area contributed by atoms with Crippen LogP contribution in [0.25, 0.3) is 0 Å². The van der Waals surface area contributed by atoms with Crippen molar-refractivity contribution in [3.05, 3.63) is 29.8 Å². The first kappa shape index (κ1) is 17.4. The molecule has 0 spiro atoms. The number of nitrogens with one attached hydrogen (secondary N) is 2. The molecule has 0 bridgehead atoms. The Hall–Kier alpha value is -1.59. The van der Waals surface area contributed by atoms with Crippen LogP contribution in [-0.2, 0) is 4.79 Å².